The number of halogens is 5. The highest BCUT2D eigenvalue weighted by Crippen LogP contribution is 2.33. The van der Waals surface area contributed by atoms with Gasteiger partial charge in [-0.1, -0.05) is 41.8 Å². The van der Waals surface area contributed by atoms with Crippen LogP contribution in [0.2, 0.25) is 10.0 Å². The van der Waals surface area contributed by atoms with E-state index in [1.54, 1.807) is 18.2 Å². The van der Waals surface area contributed by atoms with Gasteiger partial charge in [0, 0.05) is 35.0 Å². The Kier molecular flexibility index (Phi) is 7.49. The molecule has 1 saturated carbocycles. The van der Waals surface area contributed by atoms with E-state index in [1.807, 2.05) is 0 Å². The Morgan fingerprint density at radius 2 is 1.32 bits per heavy atom. The summed E-state index contributed by atoms with van der Waals surface area (Å²) in [7, 11) is 0. The summed E-state index contributed by atoms with van der Waals surface area (Å²) >= 11 is 11.9. The summed E-state index contributed by atoms with van der Waals surface area (Å²) in [6.07, 6.45) is -2.47. The maximum atomic E-state index is 12.6. The van der Waals surface area contributed by atoms with E-state index < -0.39 is 23.6 Å². The van der Waals surface area contributed by atoms with E-state index in [0.717, 1.165) is 24.1 Å². The third-order valence-electron chi connectivity index (χ3n) is 5.33. The highest BCUT2D eigenvalue weighted by Gasteiger charge is 2.37. The van der Waals surface area contributed by atoms with Crippen LogP contribution in [0.25, 0.3) is 0 Å². The molecule has 0 aliphatic heterocycles. The summed E-state index contributed by atoms with van der Waals surface area (Å²) in [5.74, 6) is -1.42. The molecular formula is C22H21Cl2F3N2O2. The molecule has 2 aromatic carbocycles. The second-order valence-electron chi connectivity index (χ2n) is 7.55. The number of hydrogen-bond donors (Lipinski definition) is 2. The average Bonchev–Trinajstić information content (AvgIpc) is 3.19. The molecule has 1 aliphatic carbocycles. The van der Waals surface area contributed by atoms with Crippen molar-refractivity contribution in [1.82, 2.24) is 10.6 Å². The lowest BCUT2D eigenvalue weighted by atomic mass is 9.94. The van der Waals surface area contributed by atoms with Crippen LogP contribution in [0.3, 0.4) is 0 Å². The van der Waals surface area contributed by atoms with Gasteiger partial charge in [-0.15, -0.1) is 0 Å². The molecule has 0 aromatic heterocycles. The van der Waals surface area contributed by atoms with Crippen molar-refractivity contribution in [3.05, 3.63) is 69.2 Å². The predicted molar refractivity (Wildman–Crippen MR) is 112 cm³/mol. The smallest absolute Gasteiger partial charge is 0.352 e. The van der Waals surface area contributed by atoms with Crippen LogP contribution in [0.4, 0.5) is 13.2 Å². The van der Waals surface area contributed by atoms with Crippen LogP contribution in [0.15, 0.2) is 42.5 Å². The number of amides is 2. The second-order valence-corrected chi connectivity index (χ2v) is 8.42. The normalized spacial score (nSPS) is 18.6. The Morgan fingerprint density at radius 3 is 1.81 bits per heavy atom. The number of rotatable bonds is 6. The molecule has 1 unspecified atom stereocenters. The average molecular weight is 473 g/mol. The van der Waals surface area contributed by atoms with Crippen molar-refractivity contribution >= 4 is 35.0 Å². The van der Waals surface area contributed by atoms with E-state index in [2.05, 4.69) is 10.6 Å². The molecule has 9 heteroatoms. The maximum absolute atomic E-state index is 12.6. The third-order valence-corrected chi connectivity index (χ3v) is 5.76. The van der Waals surface area contributed by atoms with Crippen molar-refractivity contribution in [3.63, 3.8) is 0 Å². The highest BCUT2D eigenvalue weighted by molar-refractivity contribution is 6.34. The van der Waals surface area contributed by atoms with Gasteiger partial charge in [-0.05, 0) is 54.3 Å². The summed E-state index contributed by atoms with van der Waals surface area (Å²) in [5, 5.41) is 6.51. The van der Waals surface area contributed by atoms with Crippen LogP contribution in [-0.2, 0) is 28.9 Å². The molecule has 2 atom stereocenters. The van der Waals surface area contributed by atoms with E-state index in [0.29, 0.717) is 28.5 Å². The zero-order valence-corrected chi connectivity index (χ0v) is 17.9. The van der Waals surface area contributed by atoms with Crippen molar-refractivity contribution in [2.24, 2.45) is 11.8 Å². The maximum Gasteiger partial charge on any atom is 0.416 e. The van der Waals surface area contributed by atoms with Crippen LogP contribution in [0, 0.1) is 11.8 Å². The Labute approximate surface area is 188 Å². The minimum Gasteiger partial charge on any atom is -0.352 e. The van der Waals surface area contributed by atoms with Gasteiger partial charge in [0.25, 0.3) is 0 Å². The molecule has 2 amide bonds. The number of nitrogens with one attached hydrogen (secondary N) is 2. The van der Waals surface area contributed by atoms with Crippen molar-refractivity contribution in [2.45, 2.75) is 38.5 Å². The number of carbonyl (C=O) groups excluding carboxylic acids is 2. The molecule has 166 valence electrons. The minimum absolute atomic E-state index is 0.100. The van der Waals surface area contributed by atoms with E-state index >= 15 is 0 Å². The topological polar surface area (TPSA) is 58.2 Å². The van der Waals surface area contributed by atoms with E-state index in [1.165, 1.54) is 12.1 Å². The molecule has 3 rings (SSSR count). The number of carbonyl (C=O) groups is 2. The Hall–Kier alpha value is -2.25. The number of hydrogen-bond acceptors (Lipinski definition) is 2. The molecule has 31 heavy (non-hydrogen) atoms. The van der Waals surface area contributed by atoms with Crippen LogP contribution < -0.4 is 10.6 Å². The SMILES string of the molecule is O=C(NCc1ccc(C(F)(F)F)cc1)C1CCC[C@H]1C(=O)NCc1cc(Cl)cc(Cl)c1. The summed E-state index contributed by atoms with van der Waals surface area (Å²) in [6.45, 7) is 0.346. The molecule has 1 fully saturated rings. The summed E-state index contributed by atoms with van der Waals surface area (Å²) in [4.78, 5) is 25.3. The third kappa shape index (κ3) is 6.37. The van der Waals surface area contributed by atoms with Gasteiger partial charge in [0.2, 0.25) is 11.8 Å². The first-order chi connectivity index (χ1) is 14.6. The molecule has 2 N–H and O–H groups in total. The monoisotopic (exact) mass is 472 g/mol. The first-order valence-corrected chi connectivity index (χ1v) is 10.6. The van der Waals surface area contributed by atoms with Gasteiger partial charge in [-0.2, -0.15) is 13.2 Å². The largest absolute Gasteiger partial charge is 0.416 e. The van der Waals surface area contributed by atoms with Crippen molar-refractivity contribution in [1.29, 1.82) is 0 Å². The van der Waals surface area contributed by atoms with Gasteiger partial charge in [-0.3, -0.25) is 9.59 Å². The fraction of sp³-hybridized carbons (Fsp3) is 0.364. The Balaban J connectivity index is 1.54. The fourth-order valence-corrected chi connectivity index (χ4v) is 4.32. The summed E-state index contributed by atoms with van der Waals surface area (Å²) in [5.41, 5.74) is 0.571. The molecule has 1 aliphatic rings. The number of alkyl halides is 3. The van der Waals surface area contributed by atoms with Gasteiger partial charge < -0.3 is 10.6 Å². The van der Waals surface area contributed by atoms with E-state index in [-0.39, 0.29) is 24.9 Å². The zero-order chi connectivity index (χ0) is 22.6. The fourth-order valence-electron chi connectivity index (χ4n) is 3.75. The molecule has 4 nitrogen and oxygen atoms in total. The molecule has 0 heterocycles. The molecular weight excluding hydrogens is 452 g/mol. The molecule has 0 spiro atoms. The number of benzene rings is 2. The molecule has 2 aromatic rings. The van der Waals surface area contributed by atoms with Crippen molar-refractivity contribution in [3.8, 4) is 0 Å². The Morgan fingerprint density at radius 1 is 0.839 bits per heavy atom. The van der Waals surface area contributed by atoms with E-state index in [9.17, 15) is 22.8 Å². The van der Waals surface area contributed by atoms with Crippen molar-refractivity contribution < 1.29 is 22.8 Å². The lowest BCUT2D eigenvalue weighted by Gasteiger charge is -2.19. The van der Waals surface area contributed by atoms with E-state index in [4.69, 9.17) is 23.2 Å². The minimum atomic E-state index is -4.40. The van der Waals surface area contributed by atoms with Gasteiger partial charge in [0.05, 0.1) is 5.56 Å². The second kappa shape index (κ2) is 9.92. The highest BCUT2D eigenvalue weighted by atomic mass is 35.5. The first-order valence-electron chi connectivity index (χ1n) is 9.80. The van der Waals surface area contributed by atoms with Gasteiger partial charge >= 0.3 is 6.18 Å². The predicted octanol–water partition coefficient (Wildman–Crippen LogP) is 5.36. The van der Waals surface area contributed by atoms with Gasteiger partial charge in [0.15, 0.2) is 0 Å². The quantitative estimate of drug-likeness (QED) is 0.594. The van der Waals surface area contributed by atoms with Gasteiger partial charge in [-0.25, -0.2) is 0 Å². The molecule has 0 saturated heterocycles. The van der Waals surface area contributed by atoms with Crippen LogP contribution >= 0.6 is 23.2 Å². The molecule has 0 radical (unpaired) electrons. The zero-order valence-electron chi connectivity index (χ0n) is 16.4. The van der Waals surface area contributed by atoms with Crippen LogP contribution in [0.5, 0.6) is 0 Å². The standard InChI is InChI=1S/C22H21Cl2F3N2O2/c23-16-8-14(9-17(24)10-16)12-29-21(31)19-3-1-2-18(19)20(30)28-11-13-4-6-15(7-5-13)22(25,26)27/h4-10,18-19H,1-3,11-12H2,(H,28,30)(H,29,31)/t18?,19-/m1/s1. The summed E-state index contributed by atoms with van der Waals surface area (Å²) < 4.78 is 37.9. The van der Waals surface area contributed by atoms with Crippen LogP contribution in [0.1, 0.15) is 36.0 Å². The first kappa shape index (κ1) is 23.4. The molecule has 0 bridgehead atoms. The summed E-state index contributed by atoms with van der Waals surface area (Å²) in [6, 6.07) is 9.64. The Bertz CT molecular complexity index is 929. The lowest BCUT2D eigenvalue weighted by Crippen LogP contribution is -2.39. The van der Waals surface area contributed by atoms with Crippen molar-refractivity contribution in [2.75, 3.05) is 0 Å². The lowest BCUT2D eigenvalue weighted by molar-refractivity contribution is -0.137. The van der Waals surface area contributed by atoms with Gasteiger partial charge in [0.1, 0.15) is 0 Å². The van der Waals surface area contributed by atoms with Crippen LogP contribution in [-0.4, -0.2) is 11.8 Å².